The molecule has 0 amide bonds. The number of benzene rings is 2. The van der Waals surface area contributed by atoms with Crippen LogP contribution in [0.25, 0.3) is 0 Å². The Morgan fingerprint density at radius 1 is 1.08 bits per heavy atom. The lowest BCUT2D eigenvalue weighted by Crippen LogP contribution is -2.15. The van der Waals surface area contributed by atoms with E-state index in [1.54, 1.807) is 6.07 Å². The molecule has 0 aromatic heterocycles. The Kier molecular flexibility index (Phi) is 6.12. The summed E-state index contributed by atoms with van der Waals surface area (Å²) in [5, 5.41) is 0. The van der Waals surface area contributed by atoms with E-state index in [4.69, 9.17) is 4.74 Å². The van der Waals surface area contributed by atoms with Crippen LogP contribution in [0.1, 0.15) is 55.4 Å². The molecule has 3 rings (SSSR count). The Labute approximate surface area is 151 Å². The molecule has 1 unspecified atom stereocenters. The highest BCUT2D eigenvalue weighted by Gasteiger charge is 2.19. The van der Waals surface area contributed by atoms with Crippen LogP contribution in [-0.4, -0.2) is 6.61 Å². The van der Waals surface area contributed by atoms with Gasteiger partial charge in [-0.3, -0.25) is 0 Å². The normalized spacial score (nSPS) is 16.5. The average Bonchev–Trinajstić information content (AvgIpc) is 2.65. The van der Waals surface area contributed by atoms with Gasteiger partial charge in [0.15, 0.2) is 0 Å². The SMILES string of the molecule is CCCOc1ccc2c(c1)CCC(CCc1ccc(CC)cc1F)C2. The Bertz CT molecular complexity index is 707. The summed E-state index contributed by atoms with van der Waals surface area (Å²) in [5.74, 6) is 1.62. The maximum Gasteiger partial charge on any atom is 0.126 e. The van der Waals surface area contributed by atoms with Crippen LogP contribution in [0.15, 0.2) is 36.4 Å². The lowest BCUT2D eigenvalue weighted by Gasteiger charge is -2.25. The molecule has 0 aliphatic heterocycles. The van der Waals surface area contributed by atoms with Gasteiger partial charge in [-0.05, 0) is 91.3 Å². The summed E-state index contributed by atoms with van der Waals surface area (Å²) in [7, 11) is 0. The highest BCUT2D eigenvalue weighted by Crippen LogP contribution is 2.31. The van der Waals surface area contributed by atoms with Crippen molar-refractivity contribution in [1.82, 2.24) is 0 Å². The van der Waals surface area contributed by atoms with Crippen molar-refractivity contribution in [3.8, 4) is 5.75 Å². The monoisotopic (exact) mass is 340 g/mol. The van der Waals surface area contributed by atoms with Gasteiger partial charge in [0.1, 0.15) is 11.6 Å². The van der Waals surface area contributed by atoms with Gasteiger partial charge < -0.3 is 4.74 Å². The quantitative estimate of drug-likeness (QED) is 0.608. The Balaban J connectivity index is 1.58. The summed E-state index contributed by atoms with van der Waals surface area (Å²) < 4.78 is 19.9. The lowest BCUT2D eigenvalue weighted by atomic mass is 9.81. The lowest BCUT2D eigenvalue weighted by molar-refractivity contribution is 0.316. The van der Waals surface area contributed by atoms with Gasteiger partial charge >= 0.3 is 0 Å². The molecule has 0 bridgehead atoms. The molecule has 0 saturated heterocycles. The molecule has 0 spiro atoms. The van der Waals surface area contributed by atoms with Crippen LogP contribution in [0.4, 0.5) is 4.39 Å². The first-order chi connectivity index (χ1) is 12.2. The van der Waals surface area contributed by atoms with Crippen LogP contribution < -0.4 is 4.74 Å². The summed E-state index contributed by atoms with van der Waals surface area (Å²) in [6.45, 7) is 4.97. The van der Waals surface area contributed by atoms with Crippen LogP contribution in [-0.2, 0) is 25.7 Å². The van der Waals surface area contributed by atoms with Crippen LogP contribution in [0.3, 0.4) is 0 Å². The van der Waals surface area contributed by atoms with Gasteiger partial charge in [-0.1, -0.05) is 32.0 Å². The molecule has 0 fully saturated rings. The maximum atomic E-state index is 14.2. The minimum Gasteiger partial charge on any atom is -0.494 e. The highest BCUT2D eigenvalue weighted by molar-refractivity contribution is 5.37. The number of aryl methyl sites for hydroxylation is 3. The molecular weight excluding hydrogens is 311 g/mol. The summed E-state index contributed by atoms with van der Waals surface area (Å²) in [5.41, 5.74) is 4.82. The second kappa shape index (κ2) is 8.51. The first kappa shape index (κ1) is 18.0. The smallest absolute Gasteiger partial charge is 0.126 e. The fourth-order valence-corrected chi connectivity index (χ4v) is 3.74. The number of hydrogen-bond acceptors (Lipinski definition) is 1. The first-order valence-corrected chi connectivity index (χ1v) is 9.71. The summed E-state index contributed by atoms with van der Waals surface area (Å²) >= 11 is 0. The number of halogens is 1. The standard InChI is InChI=1S/C23H29FO/c1-3-13-25-22-12-11-20-14-18(7-10-21(20)16-22)6-9-19-8-5-17(4-2)15-23(19)24/h5,8,11-12,15-16,18H,3-4,6-7,9-10,13-14H2,1-2H3. The number of ether oxygens (including phenoxy) is 1. The average molecular weight is 340 g/mol. The molecule has 25 heavy (non-hydrogen) atoms. The van der Waals surface area contributed by atoms with Crippen molar-refractivity contribution in [2.75, 3.05) is 6.61 Å². The van der Waals surface area contributed by atoms with Gasteiger partial charge in [0, 0.05) is 0 Å². The topological polar surface area (TPSA) is 9.23 Å². The Hall–Kier alpha value is -1.83. The van der Waals surface area contributed by atoms with E-state index in [0.29, 0.717) is 5.92 Å². The second-order valence-corrected chi connectivity index (χ2v) is 7.21. The predicted molar refractivity (Wildman–Crippen MR) is 102 cm³/mol. The largest absolute Gasteiger partial charge is 0.494 e. The van der Waals surface area contributed by atoms with Crippen molar-refractivity contribution in [1.29, 1.82) is 0 Å². The predicted octanol–water partition coefficient (Wildman–Crippen LogP) is 5.91. The van der Waals surface area contributed by atoms with Gasteiger partial charge in [-0.15, -0.1) is 0 Å². The van der Waals surface area contributed by atoms with Gasteiger partial charge in [-0.2, -0.15) is 0 Å². The molecular formula is C23H29FO. The fourth-order valence-electron chi connectivity index (χ4n) is 3.74. The first-order valence-electron chi connectivity index (χ1n) is 9.71. The van der Waals surface area contributed by atoms with Crippen LogP contribution in [0.5, 0.6) is 5.75 Å². The minimum absolute atomic E-state index is 0.0340. The molecule has 2 aromatic carbocycles. The summed E-state index contributed by atoms with van der Waals surface area (Å²) in [4.78, 5) is 0. The van der Waals surface area contributed by atoms with Crippen LogP contribution in [0.2, 0.25) is 0 Å². The van der Waals surface area contributed by atoms with Gasteiger partial charge in [-0.25, -0.2) is 4.39 Å². The number of fused-ring (bicyclic) bond motifs is 1. The summed E-state index contributed by atoms with van der Waals surface area (Å²) in [6.07, 6.45) is 7.25. The third kappa shape index (κ3) is 4.62. The molecule has 0 radical (unpaired) electrons. The molecule has 1 atom stereocenters. The van der Waals surface area contributed by atoms with Crippen molar-refractivity contribution in [2.24, 2.45) is 5.92 Å². The zero-order valence-electron chi connectivity index (χ0n) is 15.5. The molecule has 0 saturated carbocycles. The highest BCUT2D eigenvalue weighted by atomic mass is 19.1. The van der Waals surface area contributed by atoms with Crippen LogP contribution >= 0.6 is 0 Å². The fraction of sp³-hybridized carbons (Fsp3) is 0.478. The molecule has 2 heteroatoms. The van der Waals surface area contributed by atoms with Crippen molar-refractivity contribution < 1.29 is 9.13 Å². The second-order valence-electron chi connectivity index (χ2n) is 7.21. The Morgan fingerprint density at radius 2 is 1.96 bits per heavy atom. The zero-order chi connectivity index (χ0) is 17.6. The molecule has 1 aliphatic carbocycles. The molecule has 1 aliphatic rings. The van der Waals surface area contributed by atoms with E-state index in [1.807, 2.05) is 6.07 Å². The van der Waals surface area contributed by atoms with Crippen molar-refractivity contribution in [3.05, 3.63) is 64.5 Å². The molecule has 134 valence electrons. The minimum atomic E-state index is -0.0340. The zero-order valence-corrected chi connectivity index (χ0v) is 15.5. The van der Waals surface area contributed by atoms with E-state index in [0.717, 1.165) is 62.0 Å². The third-order valence-corrected chi connectivity index (χ3v) is 5.33. The molecule has 0 N–H and O–H groups in total. The van der Waals surface area contributed by atoms with Gasteiger partial charge in [0.2, 0.25) is 0 Å². The number of hydrogen-bond donors (Lipinski definition) is 0. The van der Waals surface area contributed by atoms with E-state index in [1.165, 1.54) is 17.5 Å². The molecule has 1 nitrogen and oxygen atoms in total. The van der Waals surface area contributed by atoms with Crippen LogP contribution in [0, 0.1) is 11.7 Å². The number of rotatable bonds is 7. The van der Waals surface area contributed by atoms with E-state index < -0.39 is 0 Å². The Morgan fingerprint density at radius 3 is 2.72 bits per heavy atom. The van der Waals surface area contributed by atoms with Crippen molar-refractivity contribution >= 4 is 0 Å². The maximum absolute atomic E-state index is 14.2. The van der Waals surface area contributed by atoms with Crippen molar-refractivity contribution in [3.63, 3.8) is 0 Å². The molecule has 0 heterocycles. The van der Waals surface area contributed by atoms with E-state index >= 15 is 0 Å². The van der Waals surface area contributed by atoms with E-state index in [-0.39, 0.29) is 5.82 Å². The van der Waals surface area contributed by atoms with E-state index in [2.05, 4.69) is 38.1 Å². The molecule has 2 aromatic rings. The van der Waals surface area contributed by atoms with Crippen molar-refractivity contribution in [2.45, 2.75) is 58.8 Å². The summed E-state index contributed by atoms with van der Waals surface area (Å²) in [6, 6.07) is 12.3. The van der Waals surface area contributed by atoms with Gasteiger partial charge in [0.05, 0.1) is 6.61 Å². The van der Waals surface area contributed by atoms with Gasteiger partial charge in [0.25, 0.3) is 0 Å². The van der Waals surface area contributed by atoms with E-state index in [9.17, 15) is 4.39 Å². The third-order valence-electron chi connectivity index (χ3n) is 5.33.